The van der Waals surface area contributed by atoms with Gasteiger partial charge in [0.15, 0.2) is 4.47 Å². The highest BCUT2D eigenvalue weighted by molar-refractivity contribution is 7.19. The van der Waals surface area contributed by atoms with E-state index in [0.29, 0.717) is 27.3 Å². The summed E-state index contributed by atoms with van der Waals surface area (Å²) in [4.78, 5) is 27.6. The molecule has 8 heteroatoms. The summed E-state index contributed by atoms with van der Waals surface area (Å²) < 4.78 is 5.66. The first-order valence-electron chi connectivity index (χ1n) is 6.24. The summed E-state index contributed by atoms with van der Waals surface area (Å²) in [5, 5.41) is 2.64. The Bertz CT molecular complexity index is 479. The molecule has 0 saturated heterocycles. The number of amides is 1. The minimum absolute atomic E-state index is 0.163. The first-order chi connectivity index (χ1) is 9.47. The molecular weight excluding hydrogens is 323 g/mol. The zero-order valence-corrected chi connectivity index (χ0v) is 13.6. The topological polar surface area (TPSA) is 68.3 Å². The van der Waals surface area contributed by atoms with Crippen molar-refractivity contribution in [2.24, 2.45) is 0 Å². The molecule has 0 fully saturated rings. The maximum absolute atomic E-state index is 11.9. The zero-order valence-electron chi connectivity index (χ0n) is 11.2. The van der Waals surface area contributed by atoms with Crippen LogP contribution in [0.2, 0.25) is 8.80 Å². The lowest BCUT2D eigenvalue weighted by atomic mass is 10.1. The van der Waals surface area contributed by atoms with Crippen molar-refractivity contribution in [3.8, 4) is 0 Å². The lowest BCUT2D eigenvalue weighted by Crippen LogP contribution is -2.43. The van der Waals surface area contributed by atoms with E-state index in [4.69, 9.17) is 27.9 Å². The number of ether oxygens (including phenoxy) is 1. The summed E-state index contributed by atoms with van der Waals surface area (Å²) in [6.45, 7) is 3.83. The Labute approximate surface area is 131 Å². The van der Waals surface area contributed by atoms with Crippen LogP contribution < -0.4 is 5.32 Å². The van der Waals surface area contributed by atoms with Gasteiger partial charge in [-0.25, -0.2) is 9.78 Å². The number of aromatic nitrogens is 1. The second-order valence-electron chi connectivity index (χ2n) is 4.01. The molecule has 0 aliphatic rings. The zero-order chi connectivity index (χ0) is 15.1. The van der Waals surface area contributed by atoms with E-state index in [9.17, 15) is 9.59 Å². The van der Waals surface area contributed by atoms with Crippen LogP contribution >= 0.6 is 34.5 Å². The van der Waals surface area contributed by atoms with Gasteiger partial charge in [-0.05, 0) is 13.3 Å². The fraction of sp³-hybridized carbons (Fsp3) is 0.583. The number of nitrogens with one attached hydrogen (secondary N) is 1. The van der Waals surface area contributed by atoms with E-state index < -0.39 is 12.0 Å². The summed E-state index contributed by atoms with van der Waals surface area (Å²) in [6.07, 6.45) is 1.21. The molecule has 112 valence electrons. The molecule has 1 amide bonds. The third kappa shape index (κ3) is 5.26. The summed E-state index contributed by atoms with van der Waals surface area (Å²) in [6, 6.07) is -0.801. The van der Waals surface area contributed by atoms with Crippen LogP contribution in [0.1, 0.15) is 32.4 Å². The Balaban J connectivity index is 2.79. The highest BCUT2D eigenvalue weighted by atomic mass is 35.5. The van der Waals surface area contributed by atoms with Gasteiger partial charge in [-0.1, -0.05) is 41.5 Å². The molecule has 0 spiro atoms. The van der Waals surface area contributed by atoms with Crippen molar-refractivity contribution < 1.29 is 14.3 Å². The van der Waals surface area contributed by atoms with Crippen LogP contribution in [-0.4, -0.2) is 29.5 Å². The average molecular weight is 339 g/mol. The molecule has 1 unspecified atom stereocenters. The van der Waals surface area contributed by atoms with Gasteiger partial charge in [0.05, 0.1) is 12.3 Å². The monoisotopic (exact) mass is 338 g/mol. The predicted octanol–water partition coefficient (Wildman–Crippen LogP) is 2.84. The molecule has 1 N–H and O–H groups in total. The SMILES string of the molecule is CCCC(=O)NC(Cc1nc(Cl)sc1Cl)C(=O)OCC. The number of nitrogens with zero attached hydrogens (tertiary/aromatic N) is 1. The molecular formula is C12H16Cl2N2O3S. The minimum atomic E-state index is -0.801. The van der Waals surface area contributed by atoms with Crippen LogP contribution in [0.25, 0.3) is 0 Å². The highest BCUT2D eigenvalue weighted by Gasteiger charge is 2.24. The van der Waals surface area contributed by atoms with E-state index in [0.717, 1.165) is 11.3 Å². The molecule has 1 heterocycles. The third-order valence-electron chi connectivity index (χ3n) is 2.40. The lowest BCUT2D eigenvalue weighted by Gasteiger charge is -2.16. The van der Waals surface area contributed by atoms with Crippen LogP contribution in [0.3, 0.4) is 0 Å². The maximum Gasteiger partial charge on any atom is 0.329 e. The fourth-order valence-corrected chi connectivity index (χ4v) is 2.90. The maximum atomic E-state index is 11.9. The Morgan fingerprint density at radius 2 is 2.10 bits per heavy atom. The van der Waals surface area contributed by atoms with E-state index in [1.807, 2.05) is 6.92 Å². The standard InChI is InChI=1S/C12H16Cl2N2O3S/c1-3-5-9(17)15-8(11(18)19-4-2)6-7-10(13)20-12(14)16-7/h8H,3-6H2,1-2H3,(H,15,17). The molecule has 0 saturated carbocycles. The number of rotatable bonds is 7. The highest BCUT2D eigenvalue weighted by Crippen LogP contribution is 2.28. The number of carbonyl (C=O) groups is 2. The van der Waals surface area contributed by atoms with Gasteiger partial charge in [0.25, 0.3) is 0 Å². The summed E-state index contributed by atoms with van der Waals surface area (Å²) in [5.41, 5.74) is 0.483. The number of thiazole rings is 1. The first-order valence-corrected chi connectivity index (χ1v) is 7.81. The van der Waals surface area contributed by atoms with E-state index in [1.54, 1.807) is 6.92 Å². The van der Waals surface area contributed by atoms with E-state index >= 15 is 0 Å². The molecule has 0 bridgehead atoms. The van der Waals surface area contributed by atoms with Crippen molar-refractivity contribution in [2.75, 3.05) is 6.61 Å². The molecule has 0 aliphatic heterocycles. The van der Waals surface area contributed by atoms with Crippen molar-refractivity contribution in [3.05, 3.63) is 14.5 Å². The smallest absolute Gasteiger partial charge is 0.329 e. The quantitative estimate of drug-likeness (QED) is 0.776. The molecule has 1 aromatic rings. The van der Waals surface area contributed by atoms with Crippen LogP contribution in [-0.2, 0) is 20.7 Å². The largest absolute Gasteiger partial charge is 0.464 e. The van der Waals surface area contributed by atoms with Crippen molar-refractivity contribution in [1.82, 2.24) is 10.3 Å². The van der Waals surface area contributed by atoms with Gasteiger partial charge in [-0.2, -0.15) is 0 Å². The lowest BCUT2D eigenvalue weighted by molar-refractivity contribution is -0.147. The molecule has 1 rings (SSSR count). The summed E-state index contributed by atoms with van der Waals surface area (Å²) in [7, 11) is 0. The second kappa shape index (κ2) is 8.44. The summed E-state index contributed by atoms with van der Waals surface area (Å²) >= 11 is 12.9. The molecule has 0 aliphatic carbocycles. The molecule has 1 aromatic heterocycles. The Morgan fingerprint density at radius 3 is 2.60 bits per heavy atom. The van der Waals surface area contributed by atoms with Crippen molar-refractivity contribution in [1.29, 1.82) is 0 Å². The van der Waals surface area contributed by atoms with Crippen molar-refractivity contribution >= 4 is 46.4 Å². The fourth-order valence-electron chi connectivity index (χ4n) is 1.55. The predicted molar refractivity (Wildman–Crippen MR) is 79.3 cm³/mol. The second-order valence-corrected chi connectivity index (χ2v) is 6.20. The van der Waals surface area contributed by atoms with Gasteiger partial charge in [0, 0.05) is 12.8 Å². The van der Waals surface area contributed by atoms with E-state index in [1.165, 1.54) is 0 Å². The normalized spacial score (nSPS) is 12.0. The van der Waals surface area contributed by atoms with Crippen molar-refractivity contribution in [2.45, 2.75) is 39.2 Å². The van der Waals surface area contributed by atoms with Gasteiger partial charge in [0.1, 0.15) is 10.4 Å². The van der Waals surface area contributed by atoms with Crippen LogP contribution in [0.15, 0.2) is 0 Å². The van der Waals surface area contributed by atoms with Crippen molar-refractivity contribution in [3.63, 3.8) is 0 Å². The van der Waals surface area contributed by atoms with Crippen LogP contribution in [0.4, 0.5) is 0 Å². The number of hydrogen-bond acceptors (Lipinski definition) is 5. The molecule has 5 nitrogen and oxygen atoms in total. The van der Waals surface area contributed by atoms with Gasteiger partial charge in [-0.15, -0.1) is 0 Å². The Hall–Kier alpha value is -0.850. The number of hydrogen-bond donors (Lipinski definition) is 1. The van der Waals surface area contributed by atoms with Crippen LogP contribution in [0, 0.1) is 0 Å². The van der Waals surface area contributed by atoms with Gasteiger partial charge < -0.3 is 10.1 Å². The minimum Gasteiger partial charge on any atom is -0.464 e. The molecule has 0 radical (unpaired) electrons. The summed E-state index contributed by atoms with van der Waals surface area (Å²) in [5.74, 6) is -0.708. The molecule has 20 heavy (non-hydrogen) atoms. The van der Waals surface area contributed by atoms with E-state index in [2.05, 4.69) is 10.3 Å². The van der Waals surface area contributed by atoms with Gasteiger partial charge >= 0.3 is 5.97 Å². The van der Waals surface area contributed by atoms with E-state index in [-0.39, 0.29) is 18.9 Å². The van der Waals surface area contributed by atoms with Gasteiger partial charge in [-0.3, -0.25) is 4.79 Å². The average Bonchev–Trinajstić information content (AvgIpc) is 2.67. The number of halogens is 2. The molecule has 1 atom stereocenters. The first kappa shape index (κ1) is 17.2. The molecule has 0 aromatic carbocycles. The van der Waals surface area contributed by atoms with Crippen LogP contribution in [0.5, 0.6) is 0 Å². The van der Waals surface area contributed by atoms with Gasteiger partial charge in [0.2, 0.25) is 5.91 Å². The number of esters is 1. The number of carbonyl (C=O) groups excluding carboxylic acids is 2. The Morgan fingerprint density at radius 1 is 1.40 bits per heavy atom. The third-order valence-corrected chi connectivity index (χ3v) is 3.84. The Kier molecular flexibility index (Phi) is 7.26.